The Balaban J connectivity index is 1.48. The van der Waals surface area contributed by atoms with Crippen molar-refractivity contribution in [1.82, 2.24) is 29.9 Å². The Morgan fingerprint density at radius 1 is 1.14 bits per heavy atom. The molecule has 144 valence electrons. The maximum absolute atomic E-state index is 5.47. The molecule has 1 fully saturated rings. The number of imidazole rings is 1. The first-order chi connectivity index (χ1) is 13.8. The van der Waals surface area contributed by atoms with Crippen LogP contribution in [0.5, 0.6) is 5.75 Å². The number of hydrogen-bond acceptors (Lipinski definition) is 4. The van der Waals surface area contributed by atoms with E-state index in [2.05, 4.69) is 26.3 Å². The molecule has 7 heteroatoms. The number of rotatable bonds is 5. The summed E-state index contributed by atoms with van der Waals surface area (Å²) in [5.74, 6) is 2.26. The van der Waals surface area contributed by atoms with Gasteiger partial charge in [0.1, 0.15) is 17.1 Å². The van der Waals surface area contributed by atoms with Crippen molar-refractivity contribution in [3.63, 3.8) is 0 Å². The minimum Gasteiger partial charge on any atom is -0.496 e. The van der Waals surface area contributed by atoms with Crippen LogP contribution >= 0.6 is 0 Å². The number of H-pyrrole nitrogens is 2. The van der Waals surface area contributed by atoms with E-state index in [-0.39, 0.29) is 0 Å². The number of ether oxygens (including phenoxy) is 1. The van der Waals surface area contributed by atoms with Gasteiger partial charge in [0.05, 0.1) is 31.6 Å². The van der Waals surface area contributed by atoms with Crippen LogP contribution in [0.4, 0.5) is 0 Å². The van der Waals surface area contributed by atoms with Gasteiger partial charge in [0.2, 0.25) is 0 Å². The van der Waals surface area contributed by atoms with Crippen LogP contribution in [0.25, 0.3) is 22.6 Å². The molecule has 0 radical (unpaired) electrons. The molecular formula is C21H24N6O. The van der Waals surface area contributed by atoms with E-state index >= 15 is 0 Å². The normalized spacial score (nSPS) is 15.3. The predicted molar refractivity (Wildman–Crippen MR) is 107 cm³/mol. The van der Waals surface area contributed by atoms with Crippen molar-refractivity contribution in [2.75, 3.05) is 7.11 Å². The number of para-hydroxylation sites is 1. The zero-order valence-corrected chi connectivity index (χ0v) is 16.0. The zero-order chi connectivity index (χ0) is 18.9. The van der Waals surface area contributed by atoms with Crippen molar-refractivity contribution < 1.29 is 4.74 Å². The summed E-state index contributed by atoms with van der Waals surface area (Å²) in [6, 6.07) is 8.00. The van der Waals surface area contributed by atoms with E-state index in [0.717, 1.165) is 33.9 Å². The molecule has 5 rings (SSSR count). The summed E-state index contributed by atoms with van der Waals surface area (Å²) in [6.45, 7) is 0.610. The standard InChI is InChI=1S/C21H24N6O/c1-28-18-10-6-5-9-15(18)13-27-21-17(12-23-27)24-20(25-21)16-11-22-26-19(16)14-7-3-2-4-8-14/h5-6,9-12,14H,2-4,7-8,13H2,1H3,(H,22,26)(H,24,25). The highest BCUT2D eigenvalue weighted by Gasteiger charge is 2.23. The van der Waals surface area contributed by atoms with Crippen molar-refractivity contribution in [3.05, 3.63) is 47.9 Å². The molecule has 1 aliphatic rings. The Morgan fingerprint density at radius 3 is 2.86 bits per heavy atom. The van der Waals surface area contributed by atoms with E-state index in [9.17, 15) is 0 Å². The van der Waals surface area contributed by atoms with Crippen LogP contribution in [0, 0.1) is 0 Å². The first kappa shape index (κ1) is 17.0. The summed E-state index contributed by atoms with van der Waals surface area (Å²) in [7, 11) is 1.69. The van der Waals surface area contributed by atoms with E-state index < -0.39 is 0 Å². The fourth-order valence-electron chi connectivity index (χ4n) is 4.27. The average molecular weight is 376 g/mol. The molecule has 3 aromatic heterocycles. The van der Waals surface area contributed by atoms with Gasteiger partial charge in [-0.1, -0.05) is 37.5 Å². The lowest BCUT2D eigenvalue weighted by molar-refractivity contribution is 0.407. The topological polar surface area (TPSA) is 84.4 Å². The molecule has 7 nitrogen and oxygen atoms in total. The minimum atomic E-state index is 0.546. The van der Waals surface area contributed by atoms with Gasteiger partial charge in [0, 0.05) is 17.2 Å². The first-order valence-electron chi connectivity index (χ1n) is 9.90. The molecule has 1 saturated carbocycles. The Kier molecular flexibility index (Phi) is 4.35. The number of nitrogens with zero attached hydrogens (tertiary/aromatic N) is 4. The van der Waals surface area contributed by atoms with Gasteiger partial charge < -0.3 is 9.72 Å². The minimum absolute atomic E-state index is 0.546. The van der Waals surface area contributed by atoms with Crippen molar-refractivity contribution in [3.8, 4) is 17.1 Å². The number of aromatic amines is 2. The third-order valence-electron chi connectivity index (χ3n) is 5.73. The first-order valence-corrected chi connectivity index (χ1v) is 9.90. The summed E-state index contributed by atoms with van der Waals surface area (Å²) in [6.07, 6.45) is 10.1. The van der Waals surface area contributed by atoms with Crippen LogP contribution in [0.3, 0.4) is 0 Å². The molecule has 0 spiro atoms. The lowest BCUT2D eigenvalue weighted by atomic mass is 9.85. The average Bonchev–Trinajstić information content (AvgIpc) is 3.45. The van der Waals surface area contributed by atoms with Gasteiger partial charge in [-0.05, 0) is 18.9 Å². The highest BCUT2D eigenvalue weighted by molar-refractivity contribution is 5.76. The predicted octanol–water partition coefficient (Wildman–Crippen LogP) is 4.25. The number of fused-ring (bicyclic) bond motifs is 1. The second-order valence-corrected chi connectivity index (χ2v) is 7.47. The van der Waals surface area contributed by atoms with Crippen molar-refractivity contribution in [2.24, 2.45) is 0 Å². The molecule has 0 saturated heterocycles. The molecule has 28 heavy (non-hydrogen) atoms. The summed E-state index contributed by atoms with van der Waals surface area (Å²) >= 11 is 0. The molecule has 0 atom stereocenters. The van der Waals surface area contributed by atoms with Gasteiger partial charge in [-0.2, -0.15) is 10.2 Å². The Hall–Kier alpha value is -3.09. The lowest BCUT2D eigenvalue weighted by Crippen LogP contribution is -2.06. The van der Waals surface area contributed by atoms with E-state index in [1.807, 2.05) is 35.3 Å². The smallest absolute Gasteiger partial charge is 0.177 e. The second kappa shape index (κ2) is 7.14. The molecule has 0 bridgehead atoms. The number of methoxy groups -OCH3 is 1. The van der Waals surface area contributed by atoms with Gasteiger partial charge in [-0.25, -0.2) is 9.67 Å². The Labute approximate surface area is 163 Å². The van der Waals surface area contributed by atoms with Gasteiger partial charge >= 0.3 is 0 Å². The lowest BCUT2D eigenvalue weighted by Gasteiger charge is -2.21. The van der Waals surface area contributed by atoms with Gasteiger partial charge in [-0.15, -0.1) is 0 Å². The molecule has 0 aliphatic heterocycles. The quantitative estimate of drug-likeness (QED) is 0.545. The van der Waals surface area contributed by atoms with Gasteiger partial charge in [0.25, 0.3) is 0 Å². The molecule has 1 aliphatic carbocycles. The molecule has 3 heterocycles. The molecule has 4 aromatic rings. The number of aromatic nitrogens is 6. The van der Waals surface area contributed by atoms with Crippen LogP contribution in [0.15, 0.2) is 36.7 Å². The van der Waals surface area contributed by atoms with Crippen molar-refractivity contribution in [2.45, 2.75) is 44.6 Å². The van der Waals surface area contributed by atoms with E-state index in [1.165, 1.54) is 37.8 Å². The third kappa shape index (κ3) is 2.96. The summed E-state index contributed by atoms with van der Waals surface area (Å²) in [5.41, 5.74) is 5.13. The summed E-state index contributed by atoms with van der Waals surface area (Å²) in [5, 5.41) is 12.1. The Morgan fingerprint density at radius 2 is 2.00 bits per heavy atom. The maximum atomic E-state index is 5.47. The monoisotopic (exact) mass is 376 g/mol. The second-order valence-electron chi connectivity index (χ2n) is 7.47. The summed E-state index contributed by atoms with van der Waals surface area (Å²) < 4.78 is 7.38. The Bertz CT molecular complexity index is 1090. The van der Waals surface area contributed by atoms with Crippen LogP contribution in [-0.2, 0) is 6.54 Å². The zero-order valence-electron chi connectivity index (χ0n) is 16.0. The summed E-state index contributed by atoms with van der Waals surface area (Å²) in [4.78, 5) is 8.29. The number of hydrogen-bond donors (Lipinski definition) is 2. The maximum Gasteiger partial charge on any atom is 0.177 e. The van der Waals surface area contributed by atoms with E-state index in [0.29, 0.717) is 12.5 Å². The molecule has 0 amide bonds. The molecule has 0 unspecified atom stereocenters. The van der Waals surface area contributed by atoms with Gasteiger partial charge in [0.15, 0.2) is 5.65 Å². The number of nitrogens with one attached hydrogen (secondary N) is 2. The van der Waals surface area contributed by atoms with Crippen molar-refractivity contribution in [1.29, 1.82) is 0 Å². The van der Waals surface area contributed by atoms with Crippen LogP contribution in [0.2, 0.25) is 0 Å². The number of benzene rings is 1. The molecule has 2 N–H and O–H groups in total. The fraction of sp³-hybridized carbons (Fsp3) is 0.381. The fourth-order valence-corrected chi connectivity index (χ4v) is 4.27. The third-order valence-corrected chi connectivity index (χ3v) is 5.73. The van der Waals surface area contributed by atoms with E-state index in [4.69, 9.17) is 9.72 Å². The molecule has 1 aromatic carbocycles. The van der Waals surface area contributed by atoms with E-state index in [1.54, 1.807) is 7.11 Å². The highest BCUT2D eigenvalue weighted by atomic mass is 16.5. The largest absolute Gasteiger partial charge is 0.496 e. The van der Waals surface area contributed by atoms with Gasteiger partial charge in [-0.3, -0.25) is 5.10 Å². The molecular weight excluding hydrogens is 352 g/mol. The van der Waals surface area contributed by atoms with Crippen LogP contribution in [0.1, 0.15) is 49.3 Å². The van der Waals surface area contributed by atoms with Crippen molar-refractivity contribution >= 4 is 11.2 Å². The SMILES string of the molecule is COc1ccccc1Cn1ncc2[nH]c(-c3cn[nH]c3C3CCCCC3)nc21. The highest BCUT2D eigenvalue weighted by Crippen LogP contribution is 2.36. The van der Waals surface area contributed by atoms with Crippen LogP contribution < -0.4 is 4.74 Å². The van der Waals surface area contributed by atoms with Crippen LogP contribution in [-0.4, -0.2) is 37.1 Å².